The van der Waals surface area contributed by atoms with Crippen molar-refractivity contribution in [3.05, 3.63) is 40.5 Å². The average Bonchev–Trinajstić information content (AvgIpc) is 3.31. The Balaban J connectivity index is 1.67. The topological polar surface area (TPSA) is 34.5 Å². The van der Waals surface area contributed by atoms with E-state index in [0.717, 1.165) is 55.9 Å². The lowest BCUT2D eigenvalue weighted by Gasteiger charge is -2.32. The number of thiophene rings is 1. The van der Waals surface area contributed by atoms with Crippen LogP contribution in [0.3, 0.4) is 0 Å². The molecule has 1 aliphatic heterocycles. The first-order valence-corrected chi connectivity index (χ1v) is 9.65. The Labute approximate surface area is 147 Å². The van der Waals surface area contributed by atoms with Crippen LogP contribution in [0.2, 0.25) is 0 Å². The van der Waals surface area contributed by atoms with Crippen molar-refractivity contribution in [2.45, 2.75) is 32.1 Å². The number of carbonyl (C=O) groups is 1. The number of hydrogen-bond donors (Lipinski definition) is 0. The smallest absolute Gasteiger partial charge is 0.257 e. The maximum Gasteiger partial charge on any atom is 0.257 e. The van der Waals surface area contributed by atoms with E-state index in [0.29, 0.717) is 5.92 Å². The van der Waals surface area contributed by atoms with Crippen LogP contribution in [-0.4, -0.2) is 42.2 Å². The number of aromatic nitrogens is 1. The molecule has 0 bridgehead atoms. The maximum atomic E-state index is 13.4. The number of piperidine rings is 1. The zero-order chi connectivity index (χ0) is 16.5. The molecule has 2 aliphatic rings. The molecule has 2 aromatic rings. The first kappa shape index (κ1) is 15.9. The van der Waals surface area contributed by atoms with Gasteiger partial charge in [-0.25, -0.2) is 0 Å². The number of aryl methyl sites for hydroxylation is 1. The second-order valence-electron chi connectivity index (χ2n) is 6.84. The lowest BCUT2D eigenvalue weighted by molar-refractivity contribution is 0.0570. The molecule has 1 aliphatic carbocycles. The monoisotopic (exact) mass is 344 g/mol. The second kappa shape index (κ2) is 6.73. The fraction of sp³-hybridized carbons (Fsp3) is 0.526. The largest absolute Gasteiger partial charge is 0.384 e. The molecule has 1 atom stereocenters. The van der Waals surface area contributed by atoms with Gasteiger partial charge < -0.3 is 14.2 Å². The summed E-state index contributed by atoms with van der Waals surface area (Å²) in [4.78, 5) is 16.8. The molecule has 0 aromatic carbocycles. The molecule has 0 saturated carbocycles. The molecule has 3 heterocycles. The highest BCUT2D eigenvalue weighted by atomic mass is 32.1. The van der Waals surface area contributed by atoms with Gasteiger partial charge in [-0.2, -0.15) is 0 Å². The standard InChI is InChI=1S/C19H24N2O2S/c1-23-13-14-6-5-11-21(12-14)18(22)17-15-7-4-8-16(15)24-19(17)20-9-2-3-10-20/h2-3,9-10,14H,4-8,11-13H2,1H3. The van der Waals surface area contributed by atoms with Gasteiger partial charge in [0.2, 0.25) is 0 Å². The van der Waals surface area contributed by atoms with Gasteiger partial charge in [0.15, 0.2) is 0 Å². The number of likely N-dealkylation sites (tertiary alicyclic amines) is 1. The van der Waals surface area contributed by atoms with E-state index in [1.54, 1.807) is 18.4 Å². The van der Waals surface area contributed by atoms with Crippen molar-refractivity contribution < 1.29 is 9.53 Å². The highest BCUT2D eigenvalue weighted by Crippen LogP contribution is 2.39. The highest BCUT2D eigenvalue weighted by Gasteiger charge is 2.32. The van der Waals surface area contributed by atoms with E-state index < -0.39 is 0 Å². The summed E-state index contributed by atoms with van der Waals surface area (Å²) >= 11 is 1.80. The van der Waals surface area contributed by atoms with E-state index in [-0.39, 0.29) is 5.91 Å². The van der Waals surface area contributed by atoms with Gasteiger partial charge in [-0.15, -0.1) is 11.3 Å². The minimum Gasteiger partial charge on any atom is -0.384 e. The molecule has 24 heavy (non-hydrogen) atoms. The molecule has 2 aromatic heterocycles. The Hall–Kier alpha value is -1.59. The van der Waals surface area contributed by atoms with Gasteiger partial charge in [-0.3, -0.25) is 4.79 Å². The van der Waals surface area contributed by atoms with Gasteiger partial charge in [0.1, 0.15) is 5.00 Å². The normalized spacial score (nSPS) is 20.4. The quantitative estimate of drug-likeness (QED) is 0.850. The van der Waals surface area contributed by atoms with Crippen LogP contribution in [0.15, 0.2) is 24.5 Å². The van der Waals surface area contributed by atoms with Crippen LogP contribution in [0.1, 0.15) is 40.1 Å². The number of rotatable bonds is 4. The van der Waals surface area contributed by atoms with E-state index in [4.69, 9.17) is 4.74 Å². The minimum absolute atomic E-state index is 0.221. The predicted octanol–water partition coefficient (Wildman–Crippen LogP) is 3.53. The van der Waals surface area contributed by atoms with Gasteiger partial charge in [0.25, 0.3) is 5.91 Å². The summed E-state index contributed by atoms with van der Waals surface area (Å²) < 4.78 is 7.42. The molecule has 0 N–H and O–H groups in total. The fourth-order valence-electron chi connectivity index (χ4n) is 4.04. The van der Waals surface area contributed by atoms with Crippen LogP contribution in [-0.2, 0) is 17.6 Å². The summed E-state index contributed by atoms with van der Waals surface area (Å²) in [5.74, 6) is 0.688. The van der Waals surface area contributed by atoms with Gasteiger partial charge in [-0.05, 0) is 55.7 Å². The Morgan fingerprint density at radius 2 is 2.12 bits per heavy atom. The lowest BCUT2D eigenvalue weighted by Crippen LogP contribution is -2.41. The summed E-state index contributed by atoms with van der Waals surface area (Å²) in [6.07, 6.45) is 9.66. The average molecular weight is 344 g/mol. The predicted molar refractivity (Wildman–Crippen MR) is 96.2 cm³/mol. The fourth-order valence-corrected chi connectivity index (χ4v) is 5.39. The molecular weight excluding hydrogens is 320 g/mol. The summed E-state index contributed by atoms with van der Waals surface area (Å²) in [6.45, 7) is 2.44. The lowest BCUT2D eigenvalue weighted by atomic mass is 9.98. The van der Waals surface area contributed by atoms with Gasteiger partial charge >= 0.3 is 0 Å². The van der Waals surface area contributed by atoms with E-state index in [1.807, 2.05) is 24.5 Å². The number of ether oxygens (including phenoxy) is 1. The van der Waals surface area contributed by atoms with Crippen molar-refractivity contribution in [2.24, 2.45) is 5.92 Å². The maximum absolute atomic E-state index is 13.4. The van der Waals surface area contributed by atoms with Gasteiger partial charge in [0.05, 0.1) is 12.2 Å². The molecular formula is C19H24N2O2S. The molecule has 4 rings (SSSR count). The summed E-state index contributed by atoms with van der Waals surface area (Å²) in [6, 6.07) is 4.04. The van der Waals surface area contributed by atoms with Crippen molar-refractivity contribution in [2.75, 3.05) is 26.8 Å². The number of methoxy groups -OCH3 is 1. The molecule has 0 spiro atoms. The number of carbonyl (C=O) groups excluding carboxylic acids is 1. The Morgan fingerprint density at radius 1 is 1.29 bits per heavy atom. The van der Waals surface area contributed by atoms with Crippen LogP contribution >= 0.6 is 11.3 Å². The molecule has 0 radical (unpaired) electrons. The van der Waals surface area contributed by atoms with Crippen molar-refractivity contribution in [1.29, 1.82) is 0 Å². The van der Waals surface area contributed by atoms with Crippen molar-refractivity contribution in [1.82, 2.24) is 9.47 Å². The molecule has 1 amide bonds. The highest BCUT2D eigenvalue weighted by molar-refractivity contribution is 7.15. The van der Waals surface area contributed by atoms with E-state index in [2.05, 4.69) is 9.47 Å². The number of nitrogens with zero attached hydrogens (tertiary/aromatic N) is 2. The second-order valence-corrected chi connectivity index (χ2v) is 7.93. The SMILES string of the molecule is COCC1CCCN(C(=O)c2c(-n3cccc3)sc3c2CCC3)C1. The van der Waals surface area contributed by atoms with Crippen LogP contribution < -0.4 is 0 Å². The number of amides is 1. The minimum atomic E-state index is 0.221. The van der Waals surface area contributed by atoms with Crippen LogP contribution in [0, 0.1) is 5.92 Å². The first-order chi connectivity index (χ1) is 11.8. The molecule has 1 saturated heterocycles. The first-order valence-electron chi connectivity index (χ1n) is 8.84. The Morgan fingerprint density at radius 3 is 2.92 bits per heavy atom. The van der Waals surface area contributed by atoms with Crippen LogP contribution in [0.4, 0.5) is 0 Å². The van der Waals surface area contributed by atoms with Gasteiger partial charge in [-0.1, -0.05) is 0 Å². The molecule has 1 fully saturated rings. The van der Waals surface area contributed by atoms with E-state index in [1.165, 1.54) is 16.9 Å². The van der Waals surface area contributed by atoms with Crippen LogP contribution in [0.5, 0.6) is 0 Å². The number of hydrogen-bond acceptors (Lipinski definition) is 3. The molecule has 4 nitrogen and oxygen atoms in total. The van der Waals surface area contributed by atoms with E-state index in [9.17, 15) is 4.79 Å². The summed E-state index contributed by atoms with van der Waals surface area (Å²) in [5.41, 5.74) is 2.27. The van der Waals surface area contributed by atoms with Crippen molar-refractivity contribution in [3.63, 3.8) is 0 Å². The number of fused-ring (bicyclic) bond motifs is 1. The molecule has 128 valence electrons. The zero-order valence-corrected chi connectivity index (χ0v) is 15.0. The molecule has 1 unspecified atom stereocenters. The van der Waals surface area contributed by atoms with Crippen molar-refractivity contribution >= 4 is 17.2 Å². The summed E-state index contributed by atoms with van der Waals surface area (Å²) in [5, 5.41) is 1.10. The Bertz CT molecular complexity index is 718. The van der Waals surface area contributed by atoms with Gasteiger partial charge in [0, 0.05) is 37.5 Å². The Kier molecular flexibility index (Phi) is 4.46. The third kappa shape index (κ3) is 2.80. The van der Waals surface area contributed by atoms with Crippen molar-refractivity contribution in [3.8, 4) is 5.00 Å². The third-order valence-electron chi connectivity index (χ3n) is 5.16. The summed E-state index contributed by atoms with van der Waals surface area (Å²) in [7, 11) is 1.75. The van der Waals surface area contributed by atoms with E-state index >= 15 is 0 Å². The molecule has 5 heteroatoms. The van der Waals surface area contributed by atoms with Crippen LogP contribution in [0.25, 0.3) is 5.00 Å². The third-order valence-corrected chi connectivity index (χ3v) is 6.47. The zero-order valence-electron chi connectivity index (χ0n) is 14.2.